The third-order valence-corrected chi connectivity index (χ3v) is 1.67. The monoisotopic (exact) mass is 176 g/mol. The molecule has 0 spiro atoms. The quantitative estimate of drug-likeness (QED) is 0.549. The van der Waals surface area contributed by atoms with Crippen LogP contribution in [0.15, 0.2) is 0 Å². The van der Waals surface area contributed by atoms with Gasteiger partial charge in [0.15, 0.2) is 0 Å². The minimum Gasteiger partial charge on any atom is -0.481 e. The molecule has 70 valence electrons. The van der Waals surface area contributed by atoms with Crippen molar-refractivity contribution in [2.75, 3.05) is 0 Å². The van der Waals surface area contributed by atoms with Gasteiger partial charge in [0, 0.05) is 7.79 Å². The van der Waals surface area contributed by atoms with E-state index in [0.717, 1.165) is 0 Å². The Morgan fingerprint density at radius 2 is 2.08 bits per heavy atom. The second kappa shape index (κ2) is 4.06. The highest BCUT2D eigenvalue weighted by atomic mass is 16.4. The zero-order valence-corrected chi connectivity index (χ0v) is 6.78. The fraction of sp³-hybridized carbons (Fsp3) is 0.714. The summed E-state index contributed by atoms with van der Waals surface area (Å²) in [7, 11) is 0. The molecule has 0 aliphatic carbocycles. The van der Waals surface area contributed by atoms with E-state index >= 15 is 0 Å². The molecule has 1 unspecified atom stereocenters. The average Bonchev–Trinajstić information content (AvgIpc) is 1.99. The third-order valence-electron chi connectivity index (χ3n) is 1.67. The van der Waals surface area contributed by atoms with Crippen molar-refractivity contribution in [1.29, 1.82) is 0 Å². The van der Waals surface area contributed by atoms with Crippen molar-refractivity contribution in [3.05, 3.63) is 0 Å². The highest BCUT2D eigenvalue weighted by Gasteiger charge is 2.31. The van der Waals surface area contributed by atoms with Gasteiger partial charge in [-0.05, 0) is 12.8 Å². The van der Waals surface area contributed by atoms with E-state index in [2.05, 4.69) is 0 Å². The highest BCUT2D eigenvalue weighted by molar-refractivity contribution is 5.79. The van der Waals surface area contributed by atoms with Gasteiger partial charge in [0.05, 0.1) is 0 Å². The first-order valence-corrected chi connectivity index (χ1v) is 3.47. The van der Waals surface area contributed by atoms with Gasteiger partial charge in [0.1, 0.15) is 5.54 Å². The molecule has 0 saturated carbocycles. The van der Waals surface area contributed by atoms with Crippen molar-refractivity contribution >= 4 is 11.9 Å². The summed E-state index contributed by atoms with van der Waals surface area (Å²) in [5.41, 5.74) is 3.62. The molecule has 0 radical (unpaired) electrons. The van der Waals surface area contributed by atoms with Crippen LogP contribution in [0.4, 0.5) is 0 Å². The molecule has 5 heteroatoms. The van der Waals surface area contributed by atoms with Crippen LogP contribution in [0.2, 0.25) is 0 Å². The lowest BCUT2D eigenvalue weighted by Gasteiger charge is -2.21. The summed E-state index contributed by atoms with van der Waals surface area (Å²) < 4.78 is 7.21. The number of carboxylic acid groups (broad SMARTS) is 2. The SMILES string of the molecule is [2H]C(C)[C@](N)(CCC(=O)O)C(=O)O. The van der Waals surface area contributed by atoms with Crippen LogP contribution in [-0.4, -0.2) is 27.7 Å². The van der Waals surface area contributed by atoms with Gasteiger partial charge in [-0.2, -0.15) is 0 Å². The van der Waals surface area contributed by atoms with Gasteiger partial charge in [-0.1, -0.05) is 6.92 Å². The maximum absolute atomic E-state index is 10.6. The molecule has 2 atom stereocenters. The molecule has 0 aliphatic rings. The number of nitrogens with two attached hydrogens (primary N) is 1. The van der Waals surface area contributed by atoms with Crippen LogP contribution in [0.1, 0.15) is 27.5 Å². The van der Waals surface area contributed by atoms with Crippen molar-refractivity contribution in [1.82, 2.24) is 0 Å². The molecular weight excluding hydrogens is 162 g/mol. The van der Waals surface area contributed by atoms with Gasteiger partial charge in [-0.3, -0.25) is 9.59 Å². The summed E-state index contributed by atoms with van der Waals surface area (Å²) in [6.07, 6.45) is -1.61. The highest BCUT2D eigenvalue weighted by Crippen LogP contribution is 2.14. The van der Waals surface area contributed by atoms with Crippen molar-refractivity contribution in [2.24, 2.45) is 5.73 Å². The molecule has 0 aromatic carbocycles. The topological polar surface area (TPSA) is 101 Å². The Labute approximate surface area is 71.6 Å². The predicted octanol–water partition coefficient (Wildman–Crippen LogP) is 0.0433. The molecule has 0 amide bonds. The lowest BCUT2D eigenvalue weighted by Crippen LogP contribution is -2.47. The first kappa shape index (κ1) is 8.99. The van der Waals surface area contributed by atoms with E-state index in [0.29, 0.717) is 0 Å². The number of hydrogen-bond donors (Lipinski definition) is 3. The number of aliphatic carboxylic acids is 2. The number of carboxylic acids is 2. The van der Waals surface area contributed by atoms with Crippen molar-refractivity contribution in [2.45, 2.75) is 31.7 Å². The van der Waals surface area contributed by atoms with Gasteiger partial charge in [0.25, 0.3) is 0 Å². The molecule has 0 rings (SSSR count). The lowest BCUT2D eigenvalue weighted by molar-refractivity contribution is -0.144. The number of hydrogen-bond acceptors (Lipinski definition) is 3. The van der Waals surface area contributed by atoms with E-state index in [4.69, 9.17) is 17.3 Å². The van der Waals surface area contributed by atoms with Crippen LogP contribution in [0, 0.1) is 0 Å². The van der Waals surface area contributed by atoms with E-state index < -0.39 is 23.9 Å². The van der Waals surface area contributed by atoms with Gasteiger partial charge in [0.2, 0.25) is 0 Å². The fourth-order valence-corrected chi connectivity index (χ4v) is 0.689. The molecule has 0 fully saturated rings. The summed E-state index contributed by atoms with van der Waals surface area (Å²) in [5.74, 6) is -2.45. The van der Waals surface area contributed by atoms with Crippen LogP contribution >= 0.6 is 0 Å². The maximum Gasteiger partial charge on any atom is 0.323 e. The predicted molar refractivity (Wildman–Crippen MR) is 41.7 cm³/mol. The Bertz CT molecular complexity index is 219. The van der Waals surface area contributed by atoms with Crippen molar-refractivity contribution in [3.8, 4) is 0 Å². The summed E-state index contributed by atoms with van der Waals surface area (Å²) in [5, 5.41) is 17.0. The second-order valence-electron chi connectivity index (χ2n) is 2.53. The van der Waals surface area contributed by atoms with Gasteiger partial charge >= 0.3 is 11.9 Å². The molecular formula is C7H13NO4. The standard InChI is InChI=1S/C7H13NO4/c1-2-7(8,6(11)12)4-3-5(9)10/h2-4,8H2,1H3,(H,9,10)(H,11,12)/t7-/m0/s1/i2D/t2?,7-. The molecule has 4 N–H and O–H groups in total. The zero-order valence-electron chi connectivity index (χ0n) is 7.78. The first-order valence-electron chi connectivity index (χ1n) is 4.04. The Balaban J connectivity index is 4.43. The summed E-state index contributed by atoms with van der Waals surface area (Å²) in [6, 6.07) is 0. The average molecular weight is 176 g/mol. The Morgan fingerprint density at radius 3 is 2.33 bits per heavy atom. The van der Waals surface area contributed by atoms with Gasteiger partial charge < -0.3 is 15.9 Å². The van der Waals surface area contributed by atoms with E-state index in [1.807, 2.05) is 0 Å². The van der Waals surface area contributed by atoms with Crippen molar-refractivity contribution in [3.63, 3.8) is 0 Å². The normalized spacial score (nSPS) is 19.0. The van der Waals surface area contributed by atoms with E-state index in [1.165, 1.54) is 6.92 Å². The molecule has 0 heterocycles. The molecule has 12 heavy (non-hydrogen) atoms. The van der Waals surface area contributed by atoms with E-state index in [9.17, 15) is 9.59 Å². The number of rotatable bonds is 5. The maximum atomic E-state index is 10.6. The Hall–Kier alpha value is -1.10. The molecule has 0 bridgehead atoms. The largest absolute Gasteiger partial charge is 0.481 e. The molecule has 0 aromatic heterocycles. The van der Waals surface area contributed by atoms with E-state index in [1.54, 1.807) is 0 Å². The Morgan fingerprint density at radius 1 is 1.58 bits per heavy atom. The second-order valence-corrected chi connectivity index (χ2v) is 2.53. The molecule has 0 saturated heterocycles. The molecule has 0 aromatic rings. The van der Waals surface area contributed by atoms with E-state index in [-0.39, 0.29) is 12.8 Å². The fourth-order valence-electron chi connectivity index (χ4n) is 0.689. The zero-order chi connectivity index (χ0) is 10.6. The summed E-state index contributed by atoms with van der Waals surface area (Å²) >= 11 is 0. The van der Waals surface area contributed by atoms with Gasteiger partial charge in [-0.15, -0.1) is 0 Å². The van der Waals surface area contributed by atoms with Crippen LogP contribution in [0.3, 0.4) is 0 Å². The number of carbonyl (C=O) groups is 2. The Kier molecular flexibility index (Phi) is 3.04. The van der Waals surface area contributed by atoms with Gasteiger partial charge in [-0.25, -0.2) is 0 Å². The van der Waals surface area contributed by atoms with Crippen molar-refractivity contribution < 1.29 is 21.2 Å². The van der Waals surface area contributed by atoms with Crippen LogP contribution in [0.5, 0.6) is 0 Å². The third kappa shape index (κ3) is 2.87. The summed E-state index contributed by atoms with van der Waals surface area (Å²) in [4.78, 5) is 20.8. The minimum atomic E-state index is -1.77. The summed E-state index contributed by atoms with van der Waals surface area (Å²) in [6.45, 7) is 1.33. The van der Waals surface area contributed by atoms with Crippen LogP contribution in [-0.2, 0) is 9.59 Å². The van der Waals surface area contributed by atoms with Crippen LogP contribution in [0.25, 0.3) is 0 Å². The molecule has 5 nitrogen and oxygen atoms in total. The van der Waals surface area contributed by atoms with Crippen LogP contribution < -0.4 is 5.73 Å². The smallest absolute Gasteiger partial charge is 0.323 e. The lowest BCUT2D eigenvalue weighted by atomic mass is 9.92. The minimum absolute atomic E-state index is 0.234. The first-order chi connectivity index (χ1) is 5.80. The molecule has 0 aliphatic heterocycles.